The molecule has 6 heteroatoms. The number of anilines is 1. The Labute approximate surface area is 121 Å². The van der Waals surface area contributed by atoms with E-state index < -0.39 is 5.97 Å². The van der Waals surface area contributed by atoms with Gasteiger partial charge in [0.25, 0.3) is 0 Å². The van der Waals surface area contributed by atoms with Gasteiger partial charge in [-0.2, -0.15) is 0 Å². The van der Waals surface area contributed by atoms with E-state index in [0.29, 0.717) is 28.7 Å². The van der Waals surface area contributed by atoms with Crippen molar-refractivity contribution in [2.24, 2.45) is 0 Å². The topological polar surface area (TPSA) is 71.7 Å². The summed E-state index contributed by atoms with van der Waals surface area (Å²) >= 11 is 5.93. The number of furan rings is 1. The Morgan fingerprint density at radius 3 is 2.75 bits per heavy atom. The molecule has 106 valence electrons. The Kier molecular flexibility index (Phi) is 4.65. The molecule has 0 amide bonds. The van der Waals surface area contributed by atoms with Gasteiger partial charge in [0.05, 0.1) is 24.2 Å². The molecule has 1 aromatic heterocycles. The number of esters is 1. The van der Waals surface area contributed by atoms with Crippen LogP contribution in [-0.4, -0.2) is 18.2 Å². The van der Waals surface area contributed by atoms with Crippen molar-refractivity contribution in [3.63, 3.8) is 0 Å². The molecule has 2 N–H and O–H groups in total. The highest BCUT2D eigenvalue weighted by molar-refractivity contribution is 6.33. The molecule has 0 bridgehead atoms. The van der Waals surface area contributed by atoms with E-state index in [9.17, 15) is 4.79 Å². The SMILES string of the molecule is COC(=O)c1cc(NCc2ccc(CO)o2)ccc1Cl. The number of hydrogen-bond donors (Lipinski definition) is 2. The summed E-state index contributed by atoms with van der Waals surface area (Å²) in [6, 6.07) is 8.47. The van der Waals surface area contributed by atoms with E-state index in [1.54, 1.807) is 30.3 Å². The highest BCUT2D eigenvalue weighted by Crippen LogP contribution is 2.22. The number of ether oxygens (including phenoxy) is 1. The first kappa shape index (κ1) is 14.4. The van der Waals surface area contributed by atoms with Gasteiger partial charge in [-0.05, 0) is 30.3 Å². The third kappa shape index (κ3) is 3.31. The summed E-state index contributed by atoms with van der Waals surface area (Å²) in [5.41, 5.74) is 1.02. The fourth-order valence-corrected chi connectivity index (χ4v) is 1.89. The number of halogens is 1. The van der Waals surface area contributed by atoms with Gasteiger partial charge in [0.1, 0.15) is 18.1 Å². The first-order valence-electron chi connectivity index (χ1n) is 5.94. The maximum absolute atomic E-state index is 11.5. The molecular formula is C14H14ClNO4. The van der Waals surface area contributed by atoms with Gasteiger partial charge >= 0.3 is 5.97 Å². The number of nitrogens with one attached hydrogen (secondary N) is 1. The van der Waals surface area contributed by atoms with Crippen LogP contribution in [0.25, 0.3) is 0 Å². The van der Waals surface area contributed by atoms with Crippen LogP contribution in [-0.2, 0) is 17.9 Å². The van der Waals surface area contributed by atoms with Crippen LogP contribution in [0.3, 0.4) is 0 Å². The molecule has 0 atom stereocenters. The summed E-state index contributed by atoms with van der Waals surface area (Å²) in [7, 11) is 1.30. The minimum Gasteiger partial charge on any atom is -0.465 e. The van der Waals surface area contributed by atoms with E-state index in [1.165, 1.54) is 7.11 Å². The number of aliphatic hydroxyl groups excluding tert-OH is 1. The average molecular weight is 296 g/mol. The number of aliphatic hydroxyl groups is 1. The number of methoxy groups -OCH3 is 1. The molecule has 0 radical (unpaired) electrons. The van der Waals surface area contributed by atoms with Gasteiger partial charge in [-0.1, -0.05) is 11.6 Å². The van der Waals surface area contributed by atoms with Crippen LogP contribution in [0, 0.1) is 0 Å². The van der Waals surface area contributed by atoms with Crippen LogP contribution >= 0.6 is 11.6 Å². The molecule has 0 unspecified atom stereocenters. The summed E-state index contributed by atoms with van der Waals surface area (Å²) in [5.74, 6) is 0.705. The van der Waals surface area contributed by atoms with Crippen LogP contribution in [0.5, 0.6) is 0 Å². The number of rotatable bonds is 5. The zero-order valence-corrected chi connectivity index (χ0v) is 11.6. The molecule has 1 aromatic carbocycles. The van der Waals surface area contributed by atoms with Gasteiger partial charge in [-0.3, -0.25) is 0 Å². The highest BCUT2D eigenvalue weighted by Gasteiger charge is 2.11. The minimum atomic E-state index is -0.487. The van der Waals surface area contributed by atoms with E-state index in [4.69, 9.17) is 21.1 Å². The minimum absolute atomic E-state index is 0.132. The lowest BCUT2D eigenvalue weighted by Gasteiger charge is -2.08. The fourth-order valence-electron chi connectivity index (χ4n) is 1.69. The second-order valence-corrected chi connectivity index (χ2v) is 4.47. The van der Waals surface area contributed by atoms with Gasteiger partial charge < -0.3 is 19.6 Å². The second kappa shape index (κ2) is 6.45. The van der Waals surface area contributed by atoms with E-state index in [1.807, 2.05) is 0 Å². The maximum atomic E-state index is 11.5. The molecule has 20 heavy (non-hydrogen) atoms. The fraction of sp³-hybridized carbons (Fsp3) is 0.214. The molecule has 0 saturated carbocycles. The molecule has 0 aliphatic heterocycles. The second-order valence-electron chi connectivity index (χ2n) is 4.07. The largest absolute Gasteiger partial charge is 0.465 e. The lowest BCUT2D eigenvalue weighted by molar-refractivity contribution is 0.0601. The van der Waals surface area contributed by atoms with Gasteiger partial charge in [0.2, 0.25) is 0 Å². The summed E-state index contributed by atoms with van der Waals surface area (Å²) in [4.78, 5) is 11.5. The lowest BCUT2D eigenvalue weighted by atomic mass is 10.2. The third-order valence-electron chi connectivity index (χ3n) is 2.71. The van der Waals surface area contributed by atoms with Crippen molar-refractivity contribution in [1.82, 2.24) is 0 Å². The molecule has 2 rings (SSSR count). The van der Waals surface area contributed by atoms with Crippen molar-refractivity contribution < 1.29 is 19.1 Å². The summed E-state index contributed by atoms with van der Waals surface area (Å²) in [5, 5.41) is 12.4. The van der Waals surface area contributed by atoms with Gasteiger partial charge in [0, 0.05) is 5.69 Å². The Morgan fingerprint density at radius 2 is 2.10 bits per heavy atom. The molecule has 0 saturated heterocycles. The van der Waals surface area contributed by atoms with Gasteiger partial charge in [0.15, 0.2) is 0 Å². The van der Waals surface area contributed by atoms with Crippen molar-refractivity contribution in [2.75, 3.05) is 12.4 Å². The molecule has 0 spiro atoms. The maximum Gasteiger partial charge on any atom is 0.339 e. The summed E-state index contributed by atoms with van der Waals surface area (Å²) in [6.07, 6.45) is 0. The van der Waals surface area contributed by atoms with Crippen molar-refractivity contribution in [3.05, 3.63) is 52.4 Å². The number of benzene rings is 1. The molecular weight excluding hydrogens is 282 g/mol. The summed E-state index contributed by atoms with van der Waals surface area (Å²) < 4.78 is 10.0. The van der Waals surface area contributed by atoms with Crippen LogP contribution in [0.2, 0.25) is 5.02 Å². The Balaban J connectivity index is 2.08. The van der Waals surface area contributed by atoms with E-state index >= 15 is 0 Å². The number of carbonyl (C=O) groups excluding carboxylic acids is 1. The van der Waals surface area contributed by atoms with E-state index in [-0.39, 0.29) is 6.61 Å². The monoisotopic (exact) mass is 295 g/mol. The Bertz CT molecular complexity index is 609. The normalized spacial score (nSPS) is 10.3. The molecule has 0 aliphatic carbocycles. The van der Waals surface area contributed by atoms with E-state index in [0.717, 1.165) is 5.69 Å². The molecule has 0 aliphatic rings. The summed E-state index contributed by atoms with van der Waals surface area (Å²) in [6.45, 7) is 0.301. The first-order valence-corrected chi connectivity index (χ1v) is 6.32. The van der Waals surface area contributed by atoms with Crippen LogP contribution in [0.4, 0.5) is 5.69 Å². The predicted octanol–water partition coefficient (Wildman–Crippen LogP) is 2.82. The molecule has 2 aromatic rings. The smallest absolute Gasteiger partial charge is 0.339 e. The van der Waals surface area contributed by atoms with Crippen LogP contribution < -0.4 is 5.32 Å². The Morgan fingerprint density at radius 1 is 1.35 bits per heavy atom. The first-order chi connectivity index (χ1) is 9.63. The van der Waals surface area contributed by atoms with Crippen molar-refractivity contribution in [3.8, 4) is 0 Å². The molecule has 5 nitrogen and oxygen atoms in total. The predicted molar refractivity (Wildman–Crippen MR) is 74.7 cm³/mol. The van der Waals surface area contributed by atoms with Crippen molar-refractivity contribution >= 4 is 23.3 Å². The Hall–Kier alpha value is -1.98. The van der Waals surface area contributed by atoms with Gasteiger partial charge in [-0.15, -0.1) is 0 Å². The zero-order chi connectivity index (χ0) is 14.5. The average Bonchev–Trinajstić information content (AvgIpc) is 2.93. The lowest BCUT2D eigenvalue weighted by Crippen LogP contribution is -2.04. The highest BCUT2D eigenvalue weighted by atomic mass is 35.5. The van der Waals surface area contributed by atoms with Gasteiger partial charge in [-0.25, -0.2) is 4.79 Å². The quantitative estimate of drug-likeness (QED) is 0.830. The van der Waals surface area contributed by atoms with Crippen molar-refractivity contribution in [2.45, 2.75) is 13.2 Å². The molecule has 0 fully saturated rings. The number of hydrogen-bond acceptors (Lipinski definition) is 5. The zero-order valence-electron chi connectivity index (χ0n) is 10.9. The molecule has 1 heterocycles. The third-order valence-corrected chi connectivity index (χ3v) is 3.04. The van der Waals surface area contributed by atoms with Crippen LogP contribution in [0.1, 0.15) is 21.9 Å². The van der Waals surface area contributed by atoms with E-state index in [2.05, 4.69) is 10.1 Å². The van der Waals surface area contributed by atoms with Crippen molar-refractivity contribution in [1.29, 1.82) is 0 Å². The standard InChI is InChI=1S/C14H14ClNO4/c1-19-14(18)12-6-9(2-5-13(12)15)16-7-10-3-4-11(8-17)20-10/h2-6,16-17H,7-8H2,1H3. The number of carbonyl (C=O) groups is 1. The van der Waals surface area contributed by atoms with Crippen LogP contribution in [0.15, 0.2) is 34.7 Å².